The zero-order valence-corrected chi connectivity index (χ0v) is 12.8. The van der Waals surface area contributed by atoms with Crippen LogP contribution in [0.3, 0.4) is 0 Å². The number of carbonyl (C=O) groups excluding carboxylic acids is 1. The maximum atomic E-state index is 12.7. The van der Waals surface area contributed by atoms with Gasteiger partial charge in [0.05, 0.1) is 0 Å². The van der Waals surface area contributed by atoms with E-state index in [2.05, 4.69) is 13.8 Å². The summed E-state index contributed by atoms with van der Waals surface area (Å²) in [5, 5.41) is 0. The van der Waals surface area contributed by atoms with Crippen molar-refractivity contribution >= 4 is 11.6 Å². The van der Waals surface area contributed by atoms with E-state index in [0.717, 1.165) is 25.1 Å². The number of para-hydroxylation sites is 1. The van der Waals surface area contributed by atoms with Crippen molar-refractivity contribution in [1.82, 2.24) is 0 Å². The van der Waals surface area contributed by atoms with Gasteiger partial charge in [0, 0.05) is 17.6 Å². The Kier molecular flexibility index (Phi) is 6.07. The zero-order valence-electron chi connectivity index (χ0n) is 12.8. The molecule has 0 bridgehead atoms. The second-order valence-corrected chi connectivity index (χ2v) is 5.74. The van der Waals surface area contributed by atoms with Crippen molar-refractivity contribution in [2.24, 2.45) is 5.41 Å². The molecule has 1 rings (SSSR count). The van der Waals surface area contributed by atoms with Crippen molar-refractivity contribution in [1.29, 1.82) is 0 Å². The van der Waals surface area contributed by atoms with Crippen molar-refractivity contribution in [3.63, 3.8) is 0 Å². The Morgan fingerprint density at radius 3 is 2.26 bits per heavy atom. The van der Waals surface area contributed by atoms with Gasteiger partial charge in [0.25, 0.3) is 0 Å². The summed E-state index contributed by atoms with van der Waals surface area (Å²) in [7, 11) is 0. The van der Waals surface area contributed by atoms with Gasteiger partial charge in [-0.15, -0.1) is 0 Å². The fourth-order valence-electron chi connectivity index (χ4n) is 1.99. The average molecular weight is 261 g/mol. The third kappa shape index (κ3) is 4.38. The number of carbonyl (C=O) groups is 1. The van der Waals surface area contributed by atoms with Crippen LogP contribution in [0.15, 0.2) is 30.3 Å². The number of unbranched alkanes of at least 4 members (excludes halogenated alkanes) is 2. The first kappa shape index (κ1) is 15.7. The lowest BCUT2D eigenvalue weighted by Gasteiger charge is -2.31. The van der Waals surface area contributed by atoms with Gasteiger partial charge in [-0.1, -0.05) is 58.7 Å². The van der Waals surface area contributed by atoms with Crippen LogP contribution in [-0.4, -0.2) is 12.5 Å². The van der Waals surface area contributed by atoms with E-state index in [4.69, 9.17) is 0 Å². The van der Waals surface area contributed by atoms with E-state index in [0.29, 0.717) is 0 Å². The molecule has 19 heavy (non-hydrogen) atoms. The molecule has 0 heterocycles. The molecule has 106 valence electrons. The fourth-order valence-corrected chi connectivity index (χ4v) is 1.99. The topological polar surface area (TPSA) is 20.3 Å². The summed E-state index contributed by atoms with van der Waals surface area (Å²) in [6.45, 7) is 9.15. The molecule has 0 aliphatic rings. The minimum atomic E-state index is -0.290. The van der Waals surface area contributed by atoms with E-state index in [1.807, 2.05) is 49.1 Å². The molecule has 0 N–H and O–H groups in total. The Balaban J connectivity index is 2.90. The first-order valence-electron chi connectivity index (χ1n) is 7.40. The van der Waals surface area contributed by atoms with Gasteiger partial charge in [-0.05, 0) is 25.0 Å². The largest absolute Gasteiger partial charge is 0.312 e. The van der Waals surface area contributed by atoms with Crippen LogP contribution in [-0.2, 0) is 4.79 Å². The summed E-state index contributed by atoms with van der Waals surface area (Å²) >= 11 is 0. The molecule has 0 aromatic heterocycles. The lowest BCUT2D eigenvalue weighted by Crippen LogP contribution is -2.41. The van der Waals surface area contributed by atoms with Crippen LogP contribution in [0.4, 0.5) is 5.69 Å². The van der Waals surface area contributed by atoms with Crippen molar-refractivity contribution in [2.45, 2.75) is 53.4 Å². The molecule has 2 heteroatoms. The van der Waals surface area contributed by atoms with Gasteiger partial charge < -0.3 is 4.90 Å². The van der Waals surface area contributed by atoms with Gasteiger partial charge in [0.15, 0.2) is 0 Å². The third-order valence-corrected chi connectivity index (χ3v) is 3.76. The molecule has 0 saturated carbocycles. The van der Waals surface area contributed by atoms with Gasteiger partial charge in [-0.2, -0.15) is 0 Å². The fraction of sp³-hybridized carbons (Fsp3) is 0.588. The molecule has 1 amide bonds. The molecule has 0 aliphatic carbocycles. The van der Waals surface area contributed by atoms with Crippen LogP contribution >= 0.6 is 0 Å². The van der Waals surface area contributed by atoms with E-state index in [9.17, 15) is 4.79 Å². The Morgan fingerprint density at radius 2 is 1.74 bits per heavy atom. The van der Waals surface area contributed by atoms with E-state index in [1.165, 1.54) is 12.8 Å². The summed E-state index contributed by atoms with van der Waals surface area (Å²) in [6, 6.07) is 10.0. The molecule has 0 atom stereocenters. The van der Waals surface area contributed by atoms with Gasteiger partial charge >= 0.3 is 0 Å². The van der Waals surface area contributed by atoms with Gasteiger partial charge in [-0.25, -0.2) is 0 Å². The molecule has 0 saturated heterocycles. The van der Waals surface area contributed by atoms with Gasteiger partial charge in [0.2, 0.25) is 5.91 Å². The van der Waals surface area contributed by atoms with Crippen LogP contribution in [0.2, 0.25) is 0 Å². The second-order valence-electron chi connectivity index (χ2n) is 5.74. The van der Waals surface area contributed by atoms with Crippen molar-refractivity contribution in [3.05, 3.63) is 30.3 Å². The molecule has 1 aromatic carbocycles. The quantitative estimate of drug-likeness (QED) is 0.654. The molecule has 2 nitrogen and oxygen atoms in total. The zero-order chi connectivity index (χ0) is 14.3. The number of benzene rings is 1. The second kappa shape index (κ2) is 7.32. The minimum absolute atomic E-state index is 0.234. The number of hydrogen-bond acceptors (Lipinski definition) is 1. The summed E-state index contributed by atoms with van der Waals surface area (Å²) < 4.78 is 0. The van der Waals surface area contributed by atoms with E-state index >= 15 is 0 Å². The van der Waals surface area contributed by atoms with Crippen LogP contribution in [0, 0.1) is 5.41 Å². The van der Waals surface area contributed by atoms with Crippen molar-refractivity contribution < 1.29 is 4.79 Å². The number of hydrogen-bond donors (Lipinski definition) is 0. The highest BCUT2D eigenvalue weighted by Gasteiger charge is 2.30. The maximum absolute atomic E-state index is 12.7. The molecular formula is C17H27NO. The van der Waals surface area contributed by atoms with Crippen LogP contribution in [0.5, 0.6) is 0 Å². The Morgan fingerprint density at radius 1 is 1.11 bits per heavy atom. The first-order chi connectivity index (χ1) is 9.03. The van der Waals surface area contributed by atoms with Crippen LogP contribution in [0.1, 0.15) is 53.4 Å². The molecule has 0 fully saturated rings. The highest BCUT2D eigenvalue weighted by molar-refractivity contribution is 5.97. The molecule has 0 unspecified atom stereocenters. The third-order valence-electron chi connectivity index (χ3n) is 3.76. The molecule has 1 aromatic rings. The SMILES string of the molecule is CCCCCN(C(=O)C(C)(C)CC)c1ccccc1. The van der Waals surface area contributed by atoms with Gasteiger partial charge in [-0.3, -0.25) is 4.79 Å². The summed E-state index contributed by atoms with van der Waals surface area (Å²) in [5.74, 6) is 0.234. The van der Waals surface area contributed by atoms with Crippen molar-refractivity contribution in [3.8, 4) is 0 Å². The monoisotopic (exact) mass is 261 g/mol. The highest BCUT2D eigenvalue weighted by Crippen LogP contribution is 2.27. The minimum Gasteiger partial charge on any atom is -0.312 e. The van der Waals surface area contributed by atoms with E-state index in [1.54, 1.807) is 0 Å². The molecule has 0 radical (unpaired) electrons. The van der Waals surface area contributed by atoms with E-state index in [-0.39, 0.29) is 11.3 Å². The number of amides is 1. The summed E-state index contributed by atoms with van der Waals surface area (Å²) in [6.07, 6.45) is 4.27. The van der Waals surface area contributed by atoms with E-state index < -0.39 is 0 Å². The normalized spacial score (nSPS) is 11.4. The summed E-state index contributed by atoms with van der Waals surface area (Å²) in [4.78, 5) is 14.7. The van der Waals surface area contributed by atoms with Crippen LogP contribution < -0.4 is 4.90 Å². The molecule has 0 spiro atoms. The number of anilines is 1. The highest BCUT2D eigenvalue weighted by atomic mass is 16.2. The standard InChI is InChI=1S/C17H27NO/c1-5-7-11-14-18(15-12-9-8-10-13-15)16(19)17(3,4)6-2/h8-10,12-13H,5-7,11,14H2,1-4H3. The number of rotatable bonds is 7. The average Bonchev–Trinajstić information content (AvgIpc) is 2.44. The maximum Gasteiger partial charge on any atom is 0.232 e. The molecule has 0 aliphatic heterocycles. The summed E-state index contributed by atoms with van der Waals surface area (Å²) in [5.41, 5.74) is 0.729. The predicted molar refractivity (Wildman–Crippen MR) is 82.4 cm³/mol. The smallest absolute Gasteiger partial charge is 0.232 e. The Labute approximate surface area is 117 Å². The predicted octanol–water partition coefficient (Wildman–Crippen LogP) is 4.65. The first-order valence-corrected chi connectivity index (χ1v) is 7.40. The number of nitrogens with zero attached hydrogens (tertiary/aromatic N) is 1. The lowest BCUT2D eigenvalue weighted by molar-refractivity contribution is -0.126. The molecular weight excluding hydrogens is 234 g/mol. The van der Waals surface area contributed by atoms with Gasteiger partial charge in [0.1, 0.15) is 0 Å². The Bertz CT molecular complexity index is 384. The van der Waals surface area contributed by atoms with Crippen LogP contribution in [0.25, 0.3) is 0 Å². The Hall–Kier alpha value is -1.31. The lowest BCUT2D eigenvalue weighted by atomic mass is 9.88. The van der Waals surface area contributed by atoms with Crippen molar-refractivity contribution in [2.75, 3.05) is 11.4 Å².